The van der Waals surface area contributed by atoms with Crippen molar-refractivity contribution in [3.8, 4) is 0 Å². The zero-order valence-corrected chi connectivity index (χ0v) is 10.5. The molecule has 6 heteroatoms. The second-order valence-electron chi connectivity index (χ2n) is 4.43. The van der Waals surface area contributed by atoms with Gasteiger partial charge in [0.1, 0.15) is 0 Å². The van der Waals surface area contributed by atoms with E-state index >= 15 is 0 Å². The Bertz CT molecular complexity index is 283. The highest BCUT2D eigenvalue weighted by molar-refractivity contribution is 5.76. The minimum absolute atomic E-state index is 0.0776. The number of hydrogen-bond acceptors (Lipinski definition) is 3. The van der Waals surface area contributed by atoms with Crippen molar-refractivity contribution in [1.29, 1.82) is 0 Å². The van der Waals surface area contributed by atoms with E-state index < -0.39 is 11.9 Å². The third kappa shape index (κ3) is 3.89. The maximum absolute atomic E-state index is 12.0. The van der Waals surface area contributed by atoms with E-state index in [1.807, 2.05) is 7.05 Å². The number of rotatable bonds is 4. The molecule has 1 rings (SSSR count). The molecule has 17 heavy (non-hydrogen) atoms. The monoisotopic (exact) mass is 243 g/mol. The molecule has 0 bridgehead atoms. The third-order valence-electron chi connectivity index (χ3n) is 3.06. The van der Waals surface area contributed by atoms with E-state index in [4.69, 9.17) is 5.11 Å². The summed E-state index contributed by atoms with van der Waals surface area (Å²) in [6.07, 6.45) is 1.43. The van der Waals surface area contributed by atoms with E-state index in [2.05, 4.69) is 5.32 Å². The number of nitrogens with one attached hydrogen (secondary N) is 1. The number of urea groups is 1. The number of amides is 2. The van der Waals surface area contributed by atoms with Crippen molar-refractivity contribution in [2.24, 2.45) is 5.92 Å². The number of carboxylic acid groups (broad SMARTS) is 1. The van der Waals surface area contributed by atoms with Gasteiger partial charge in [-0.3, -0.25) is 4.79 Å². The molecule has 0 saturated carbocycles. The number of aliphatic carboxylic acids is 1. The van der Waals surface area contributed by atoms with E-state index in [-0.39, 0.29) is 6.03 Å². The fourth-order valence-electron chi connectivity index (χ4n) is 1.97. The molecule has 1 fully saturated rings. The van der Waals surface area contributed by atoms with Crippen molar-refractivity contribution in [3.05, 3.63) is 0 Å². The van der Waals surface area contributed by atoms with Crippen LogP contribution < -0.4 is 5.32 Å². The van der Waals surface area contributed by atoms with Crippen LogP contribution in [0.15, 0.2) is 0 Å². The van der Waals surface area contributed by atoms with Crippen LogP contribution in [0.5, 0.6) is 0 Å². The Hall–Kier alpha value is -1.30. The highest BCUT2D eigenvalue weighted by Crippen LogP contribution is 2.17. The van der Waals surface area contributed by atoms with Crippen molar-refractivity contribution < 1.29 is 14.7 Å². The van der Waals surface area contributed by atoms with Gasteiger partial charge in [0.05, 0.1) is 5.92 Å². The molecule has 0 radical (unpaired) electrons. The van der Waals surface area contributed by atoms with Gasteiger partial charge in [-0.2, -0.15) is 0 Å². The molecule has 0 aromatic heterocycles. The molecular weight excluding hydrogens is 222 g/mol. The number of carbonyl (C=O) groups excluding carboxylic acids is 1. The molecule has 0 aromatic rings. The molecule has 1 aliphatic rings. The first-order valence-electron chi connectivity index (χ1n) is 5.93. The first-order valence-corrected chi connectivity index (χ1v) is 5.93. The molecule has 0 unspecified atom stereocenters. The molecule has 1 saturated heterocycles. The Labute approximate surface area is 102 Å². The van der Waals surface area contributed by atoms with E-state index in [9.17, 15) is 9.59 Å². The van der Waals surface area contributed by atoms with Crippen LogP contribution in [-0.2, 0) is 4.79 Å². The van der Waals surface area contributed by atoms with Gasteiger partial charge in [0.2, 0.25) is 0 Å². The molecule has 0 aromatic carbocycles. The Kier molecular flexibility index (Phi) is 5.21. The summed E-state index contributed by atoms with van der Waals surface area (Å²) in [5.41, 5.74) is 0. The molecule has 1 heterocycles. The fraction of sp³-hybridized carbons (Fsp3) is 0.818. The van der Waals surface area contributed by atoms with Gasteiger partial charge in [0, 0.05) is 33.2 Å². The van der Waals surface area contributed by atoms with E-state index in [1.165, 1.54) is 0 Å². The standard InChI is InChI=1S/C11H21N3O3/c1-12-5-7-13(2)11(17)14-6-3-4-9(8-14)10(15)16/h9,12H,3-8H2,1-2H3,(H,15,16)/t9-/m0/s1. The highest BCUT2D eigenvalue weighted by atomic mass is 16.4. The van der Waals surface area contributed by atoms with Crippen molar-refractivity contribution in [1.82, 2.24) is 15.1 Å². The van der Waals surface area contributed by atoms with Crippen molar-refractivity contribution in [2.75, 3.05) is 40.3 Å². The summed E-state index contributed by atoms with van der Waals surface area (Å²) >= 11 is 0. The Morgan fingerprint density at radius 1 is 1.53 bits per heavy atom. The molecule has 2 amide bonds. The quantitative estimate of drug-likeness (QED) is 0.732. The topological polar surface area (TPSA) is 72.9 Å². The number of likely N-dealkylation sites (N-methyl/N-ethyl adjacent to an activating group) is 2. The summed E-state index contributed by atoms with van der Waals surface area (Å²) < 4.78 is 0. The maximum atomic E-state index is 12.0. The molecule has 98 valence electrons. The van der Waals surface area contributed by atoms with Crippen LogP contribution in [-0.4, -0.2) is 67.2 Å². The van der Waals surface area contributed by atoms with Crippen LogP contribution >= 0.6 is 0 Å². The molecular formula is C11H21N3O3. The van der Waals surface area contributed by atoms with Crippen molar-refractivity contribution in [2.45, 2.75) is 12.8 Å². The first kappa shape index (κ1) is 13.8. The first-order chi connectivity index (χ1) is 8.06. The number of carbonyl (C=O) groups is 2. The predicted molar refractivity (Wildman–Crippen MR) is 63.9 cm³/mol. The highest BCUT2D eigenvalue weighted by Gasteiger charge is 2.29. The van der Waals surface area contributed by atoms with Crippen LogP contribution in [0.3, 0.4) is 0 Å². The lowest BCUT2D eigenvalue weighted by Crippen LogP contribution is -2.48. The number of nitrogens with zero attached hydrogens (tertiary/aromatic N) is 2. The average molecular weight is 243 g/mol. The Morgan fingerprint density at radius 2 is 2.24 bits per heavy atom. The lowest BCUT2D eigenvalue weighted by atomic mass is 9.99. The van der Waals surface area contributed by atoms with Crippen molar-refractivity contribution in [3.63, 3.8) is 0 Å². The zero-order valence-electron chi connectivity index (χ0n) is 10.5. The predicted octanol–water partition coefficient (Wildman–Crippen LogP) is 0.0542. The summed E-state index contributed by atoms with van der Waals surface area (Å²) in [5, 5.41) is 11.9. The third-order valence-corrected chi connectivity index (χ3v) is 3.06. The molecule has 0 aliphatic carbocycles. The summed E-state index contributed by atoms with van der Waals surface area (Å²) in [7, 11) is 3.57. The van der Waals surface area contributed by atoms with Gasteiger partial charge in [0.15, 0.2) is 0 Å². The average Bonchev–Trinajstić information content (AvgIpc) is 2.35. The van der Waals surface area contributed by atoms with Gasteiger partial charge in [-0.1, -0.05) is 0 Å². The van der Waals surface area contributed by atoms with Gasteiger partial charge >= 0.3 is 12.0 Å². The fourth-order valence-corrected chi connectivity index (χ4v) is 1.97. The van der Waals surface area contributed by atoms with Gasteiger partial charge < -0.3 is 20.2 Å². The largest absolute Gasteiger partial charge is 0.481 e. The number of carboxylic acids is 1. The SMILES string of the molecule is CNCCN(C)C(=O)N1CCC[C@H](C(=O)O)C1. The lowest BCUT2D eigenvalue weighted by Gasteiger charge is -2.33. The van der Waals surface area contributed by atoms with Crippen LogP contribution in [0.4, 0.5) is 4.79 Å². The lowest BCUT2D eigenvalue weighted by molar-refractivity contribution is -0.143. The molecule has 1 atom stereocenters. The molecule has 1 aliphatic heterocycles. The van der Waals surface area contributed by atoms with Crippen LogP contribution in [0.25, 0.3) is 0 Å². The van der Waals surface area contributed by atoms with Gasteiger partial charge in [-0.15, -0.1) is 0 Å². The van der Waals surface area contributed by atoms with Gasteiger partial charge in [-0.05, 0) is 19.9 Å². The van der Waals surface area contributed by atoms with Gasteiger partial charge in [-0.25, -0.2) is 4.79 Å². The molecule has 6 nitrogen and oxygen atoms in total. The van der Waals surface area contributed by atoms with Crippen LogP contribution in [0, 0.1) is 5.92 Å². The molecule has 2 N–H and O–H groups in total. The Balaban J connectivity index is 2.48. The second-order valence-corrected chi connectivity index (χ2v) is 4.43. The number of likely N-dealkylation sites (tertiary alicyclic amines) is 1. The van der Waals surface area contributed by atoms with E-state index in [0.717, 1.165) is 13.0 Å². The smallest absolute Gasteiger partial charge is 0.319 e. The van der Waals surface area contributed by atoms with E-state index in [1.54, 1.807) is 16.8 Å². The summed E-state index contributed by atoms with van der Waals surface area (Å²) in [5.74, 6) is -1.22. The molecule has 0 spiro atoms. The maximum Gasteiger partial charge on any atom is 0.319 e. The summed E-state index contributed by atoms with van der Waals surface area (Å²) in [6.45, 7) is 2.35. The summed E-state index contributed by atoms with van der Waals surface area (Å²) in [4.78, 5) is 26.2. The van der Waals surface area contributed by atoms with Gasteiger partial charge in [0.25, 0.3) is 0 Å². The minimum Gasteiger partial charge on any atom is -0.481 e. The summed E-state index contributed by atoms with van der Waals surface area (Å²) in [6, 6.07) is -0.0776. The number of piperidine rings is 1. The normalized spacial score (nSPS) is 20.1. The van der Waals surface area contributed by atoms with E-state index in [0.29, 0.717) is 26.1 Å². The Morgan fingerprint density at radius 3 is 2.82 bits per heavy atom. The van der Waals surface area contributed by atoms with Crippen molar-refractivity contribution >= 4 is 12.0 Å². The zero-order chi connectivity index (χ0) is 12.8. The minimum atomic E-state index is -0.805. The van der Waals surface area contributed by atoms with Crippen LogP contribution in [0.1, 0.15) is 12.8 Å². The second kappa shape index (κ2) is 6.44. The number of hydrogen-bond donors (Lipinski definition) is 2. The van der Waals surface area contributed by atoms with Crippen LogP contribution in [0.2, 0.25) is 0 Å².